The van der Waals surface area contributed by atoms with Gasteiger partial charge >= 0.3 is 0 Å². The Bertz CT molecular complexity index is 1060. The molecule has 27 heavy (non-hydrogen) atoms. The first-order valence-corrected chi connectivity index (χ1v) is 10.9. The van der Waals surface area contributed by atoms with Gasteiger partial charge in [-0.25, -0.2) is 13.4 Å². The van der Waals surface area contributed by atoms with Gasteiger partial charge in [0.05, 0.1) is 17.1 Å². The van der Waals surface area contributed by atoms with Crippen LogP contribution in [0, 0.1) is 0 Å². The van der Waals surface area contributed by atoms with Gasteiger partial charge in [-0.1, -0.05) is 6.07 Å². The van der Waals surface area contributed by atoms with Crippen LogP contribution in [0.4, 0.5) is 5.69 Å². The first kappa shape index (κ1) is 19.7. The van der Waals surface area contributed by atoms with Crippen molar-refractivity contribution in [3.63, 3.8) is 0 Å². The fraction of sp³-hybridized carbons (Fsp3) is 0.211. The zero-order valence-electron chi connectivity index (χ0n) is 14.6. The van der Waals surface area contributed by atoms with Crippen molar-refractivity contribution >= 4 is 39.5 Å². The van der Waals surface area contributed by atoms with Gasteiger partial charge in [0.1, 0.15) is 10.8 Å². The lowest BCUT2D eigenvalue weighted by Gasteiger charge is -2.18. The Labute approximate surface area is 168 Å². The standard InChI is InChI=1S/C19H18N2O3S2.ClH/c1-2-26(23,24)21-10-9-15-11-14(5-8-18(15)21)17-12-25-19(20-17)13-3-6-16(22)7-4-13;/h3-8,11-12,22H,2,9-10H2,1H3;1H. The van der Waals surface area contributed by atoms with Gasteiger partial charge in [0.2, 0.25) is 10.0 Å². The lowest BCUT2D eigenvalue weighted by Crippen LogP contribution is -2.30. The van der Waals surface area contributed by atoms with E-state index in [4.69, 9.17) is 4.98 Å². The van der Waals surface area contributed by atoms with Crippen molar-refractivity contribution in [1.82, 2.24) is 4.98 Å². The Morgan fingerprint density at radius 2 is 1.85 bits per heavy atom. The number of phenolic OH excluding ortho intramolecular Hbond substituents is 1. The summed E-state index contributed by atoms with van der Waals surface area (Å²) in [5, 5.41) is 12.3. The Kier molecular flexibility index (Phi) is 5.46. The second-order valence-corrected chi connectivity index (χ2v) is 9.19. The first-order chi connectivity index (χ1) is 12.5. The van der Waals surface area contributed by atoms with Crippen LogP contribution in [-0.4, -0.2) is 30.8 Å². The highest BCUT2D eigenvalue weighted by atomic mass is 35.5. The monoisotopic (exact) mass is 422 g/mol. The summed E-state index contributed by atoms with van der Waals surface area (Å²) in [5.41, 5.74) is 4.64. The second kappa shape index (κ2) is 7.50. The number of benzene rings is 2. The molecule has 0 fully saturated rings. The van der Waals surface area contributed by atoms with Crippen LogP contribution in [-0.2, 0) is 16.4 Å². The molecule has 2 aromatic carbocycles. The fourth-order valence-electron chi connectivity index (χ4n) is 3.12. The molecule has 0 atom stereocenters. The Balaban J connectivity index is 0.00000210. The van der Waals surface area contributed by atoms with Gasteiger partial charge in [0, 0.05) is 23.1 Å². The molecular formula is C19H19ClN2O3S2. The highest BCUT2D eigenvalue weighted by molar-refractivity contribution is 7.92. The molecule has 0 bridgehead atoms. The molecule has 1 aromatic heterocycles. The number of aromatic nitrogens is 1. The molecule has 1 aliphatic rings. The number of anilines is 1. The summed E-state index contributed by atoms with van der Waals surface area (Å²) in [6.45, 7) is 2.17. The maximum atomic E-state index is 12.2. The van der Waals surface area contributed by atoms with E-state index in [0.717, 1.165) is 39.5 Å². The van der Waals surface area contributed by atoms with Crippen molar-refractivity contribution in [1.29, 1.82) is 0 Å². The van der Waals surface area contributed by atoms with Crippen molar-refractivity contribution in [2.75, 3.05) is 16.6 Å². The summed E-state index contributed by atoms with van der Waals surface area (Å²) in [4.78, 5) is 4.69. The topological polar surface area (TPSA) is 70.5 Å². The number of rotatable bonds is 4. The Morgan fingerprint density at radius 1 is 1.15 bits per heavy atom. The predicted molar refractivity (Wildman–Crippen MR) is 112 cm³/mol. The molecule has 0 radical (unpaired) electrons. The number of sulfonamides is 1. The van der Waals surface area contributed by atoms with E-state index in [1.54, 1.807) is 30.4 Å². The Morgan fingerprint density at radius 3 is 2.56 bits per heavy atom. The summed E-state index contributed by atoms with van der Waals surface area (Å²) in [6.07, 6.45) is 0.720. The van der Waals surface area contributed by atoms with E-state index in [0.29, 0.717) is 6.54 Å². The van der Waals surface area contributed by atoms with Gasteiger partial charge in [0.15, 0.2) is 0 Å². The highest BCUT2D eigenvalue weighted by Crippen LogP contribution is 2.35. The molecule has 3 aromatic rings. The van der Waals surface area contributed by atoms with Gasteiger partial charge in [0.25, 0.3) is 0 Å². The van der Waals surface area contributed by atoms with Crippen molar-refractivity contribution in [2.24, 2.45) is 0 Å². The van der Waals surface area contributed by atoms with E-state index in [9.17, 15) is 13.5 Å². The number of halogens is 1. The molecule has 2 heterocycles. The van der Waals surface area contributed by atoms with Gasteiger partial charge in [-0.15, -0.1) is 23.7 Å². The molecule has 142 valence electrons. The van der Waals surface area contributed by atoms with Crippen LogP contribution >= 0.6 is 23.7 Å². The summed E-state index contributed by atoms with van der Waals surface area (Å²) in [6, 6.07) is 12.8. The number of aromatic hydroxyl groups is 1. The normalized spacial score (nSPS) is 13.3. The molecule has 0 spiro atoms. The number of hydrogen-bond acceptors (Lipinski definition) is 5. The molecule has 5 nitrogen and oxygen atoms in total. The van der Waals surface area contributed by atoms with Crippen molar-refractivity contribution in [2.45, 2.75) is 13.3 Å². The first-order valence-electron chi connectivity index (χ1n) is 8.36. The minimum atomic E-state index is -3.22. The number of phenols is 1. The lowest BCUT2D eigenvalue weighted by molar-refractivity contribution is 0.475. The minimum Gasteiger partial charge on any atom is -0.508 e. The van der Waals surface area contributed by atoms with Crippen molar-refractivity contribution in [3.05, 3.63) is 53.4 Å². The summed E-state index contributed by atoms with van der Waals surface area (Å²) < 4.78 is 25.9. The smallest absolute Gasteiger partial charge is 0.234 e. The predicted octanol–water partition coefficient (Wildman–Crippen LogP) is 4.32. The largest absolute Gasteiger partial charge is 0.508 e. The zero-order chi connectivity index (χ0) is 18.3. The minimum absolute atomic E-state index is 0. The van der Waals surface area contributed by atoms with E-state index < -0.39 is 10.0 Å². The molecule has 8 heteroatoms. The maximum Gasteiger partial charge on any atom is 0.234 e. The quantitative estimate of drug-likeness (QED) is 0.679. The average molecular weight is 423 g/mol. The molecule has 0 aliphatic carbocycles. The van der Waals surface area contributed by atoms with E-state index in [1.807, 2.05) is 35.7 Å². The van der Waals surface area contributed by atoms with E-state index in [-0.39, 0.29) is 23.9 Å². The molecule has 0 amide bonds. The summed E-state index contributed by atoms with van der Waals surface area (Å²) in [5.74, 6) is 0.340. The number of thiazole rings is 1. The maximum absolute atomic E-state index is 12.2. The van der Waals surface area contributed by atoms with Crippen LogP contribution in [0.25, 0.3) is 21.8 Å². The van der Waals surface area contributed by atoms with Gasteiger partial charge in [-0.05, 0) is 55.3 Å². The van der Waals surface area contributed by atoms with Crippen LogP contribution < -0.4 is 4.31 Å². The van der Waals surface area contributed by atoms with E-state index in [1.165, 1.54) is 4.31 Å². The Hall–Kier alpha value is -2.09. The summed E-state index contributed by atoms with van der Waals surface area (Å²) in [7, 11) is -3.22. The van der Waals surface area contributed by atoms with Crippen LogP contribution in [0.1, 0.15) is 12.5 Å². The number of fused-ring (bicyclic) bond motifs is 1. The molecule has 0 saturated heterocycles. The number of nitrogens with zero attached hydrogens (tertiary/aromatic N) is 2. The van der Waals surface area contributed by atoms with Gasteiger partial charge in [-0.2, -0.15) is 0 Å². The van der Waals surface area contributed by atoms with Crippen molar-refractivity contribution in [3.8, 4) is 27.6 Å². The van der Waals surface area contributed by atoms with Crippen LogP contribution in [0.5, 0.6) is 5.75 Å². The fourth-order valence-corrected chi connectivity index (χ4v) is 5.11. The zero-order valence-corrected chi connectivity index (χ0v) is 17.1. The highest BCUT2D eigenvalue weighted by Gasteiger charge is 2.28. The molecule has 4 rings (SSSR count). The average Bonchev–Trinajstić information content (AvgIpc) is 3.29. The molecule has 0 saturated carbocycles. The summed E-state index contributed by atoms with van der Waals surface area (Å²) >= 11 is 1.55. The lowest BCUT2D eigenvalue weighted by atomic mass is 10.1. The molecule has 1 aliphatic heterocycles. The van der Waals surface area contributed by atoms with Crippen LogP contribution in [0.15, 0.2) is 47.8 Å². The third kappa shape index (κ3) is 3.67. The van der Waals surface area contributed by atoms with Crippen LogP contribution in [0.3, 0.4) is 0 Å². The molecule has 0 unspecified atom stereocenters. The molecular weight excluding hydrogens is 404 g/mol. The van der Waals surface area contributed by atoms with Crippen molar-refractivity contribution < 1.29 is 13.5 Å². The number of hydrogen-bond donors (Lipinski definition) is 1. The molecule has 1 N–H and O–H groups in total. The second-order valence-electron chi connectivity index (χ2n) is 6.15. The van der Waals surface area contributed by atoms with Gasteiger partial charge in [-0.3, -0.25) is 4.31 Å². The van der Waals surface area contributed by atoms with Gasteiger partial charge < -0.3 is 5.11 Å². The van der Waals surface area contributed by atoms with E-state index >= 15 is 0 Å². The third-order valence-electron chi connectivity index (χ3n) is 4.55. The van der Waals surface area contributed by atoms with Crippen LogP contribution in [0.2, 0.25) is 0 Å². The van der Waals surface area contributed by atoms with E-state index in [2.05, 4.69) is 0 Å². The SMILES string of the molecule is CCS(=O)(=O)N1CCc2cc(-c3csc(-c4ccc(O)cc4)n3)ccc21.Cl. The third-order valence-corrected chi connectivity index (χ3v) is 7.22.